The highest BCUT2D eigenvalue weighted by Gasteiger charge is 2.47. The molecule has 11 heteroatoms. The fourth-order valence-corrected chi connectivity index (χ4v) is 4.07. The van der Waals surface area contributed by atoms with Crippen LogP contribution in [0.4, 0.5) is 0 Å². The normalized spacial score (nSPS) is 27.0. The number of ether oxygens (including phenoxy) is 2. The van der Waals surface area contributed by atoms with Crippen LogP contribution >= 0.6 is 0 Å². The fraction of sp³-hybridized carbons (Fsp3) is 0.636. The van der Waals surface area contributed by atoms with E-state index in [0.29, 0.717) is 6.42 Å². The number of benzene rings is 1. The van der Waals surface area contributed by atoms with E-state index in [-0.39, 0.29) is 12.0 Å². The van der Waals surface area contributed by atoms with Gasteiger partial charge in [-0.05, 0) is 30.4 Å². The Balaban J connectivity index is 2.16. The first-order valence-electron chi connectivity index (χ1n) is 10.8. The molecule has 1 aliphatic rings. The molecule has 0 unspecified atom stereocenters. The Hall–Kier alpha value is -2.60. The molecule has 7 N–H and O–H groups in total. The molecule has 0 spiro atoms. The number of esters is 1. The Morgan fingerprint density at radius 3 is 2.21 bits per heavy atom. The third-order valence-electron chi connectivity index (χ3n) is 5.97. The summed E-state index contributed by atoms with van der Waals surface area (Å²) in [7, 11) is 0. The van der Waals surface area contributed by atoms with Gasteiger partial charge in [0.05, 0.1) is 11.7 Å². The average Bonchev–Trinajstić information content (AvgIpc) is 2.75. The first kappa shape index (κ1) is 26.7. The second-order valence-corrected chi connectivity index (χ2v) is 8.45. The number of rotatable bonds is 10. The second-order valence-electron chi connectivity index (χ2n) is 8.45. The van der Waals surface area contributed by atoms with Crippen LogP contribution in [0.15, 0.2) is 12.1 Å². The van der Waals surface area contributed by atoms with Crippen LogP contribution in [-0.4, -0.2) is 84.8 Å². The summed E-state index contributed by atoms with van der Waals surface area (Å²) in [6.45, 7) is 3.13. The molecule has 0 amide bonds. The molecule has 1 saturated heterocycles. The first-order chi connectivity index (χ1) is 15.5. The minimum atomic E-state index is -1.62. The Morgan fingerprint density at radius 2 is 1.67 bits per heavy atom. The quantitative estimate of drug-likeness (QED) is 0.187. The van der Waals surface area contributed by atoms with Crippen LogP contribution in [0.3, 0.4) is 0 Å². The van der Waals surface area contributed by atoms with E-state index < -0.39 is 78.1 Å². The van der Waals surface area contributed by atoms with E-state index in [1.165, 1.54) is 0 Å². The van der Waals surface area contributed by atoms with E-state index in [4.69, 9.17) is 9.47 Å². The van der Waals surface area contributed by atoms with Gasteiger partial charge in [0.2, 0.25) is 0 Å². The van der Waals surface area contributed by atoms with E-state index in [2.05, 4.69) is 0 Å². The number of unbranched alkanes of at least 4 members (excludes halogenated alkanes) is 1. The molecule has 0 radical (unpaired) electrons. The number of carbonyl (C=O) groups is 2. The molecular formula is C22H32O11. The van der Waals surface area contributed by atoms with Crippen LogP contribution in [0.5, 0.6) is 17.2 Å². The number of aliphatic hydroxyl groups is 3. The number of carboxylic acids is 1. The van der Waals surface area contributed by atoms with Gasteiger partial charge in [-0.3, -0.25) is 4.79 Å². The van der Waals surface area contributed by atoms with Crippen molar-refractivity contribution in [2.24, 2.45) is 11.8 Å². The van der Waals surface area contributed by atoms with Crippen LogP contribution in [-0.2, 0) is 14.3 Å². The summed E-state index contributed by atoms with van der Waals surface area (Å²) >= 11 is 0. The van der Waals surface area contributed by atoms with Crippen molar-refractivity contribution in [1.82, 2.24) is 0 Å². The summed E-state index contributed by atoms with van der Waals surface area (Å²) in [5.74, 6) is -5.13. The lowest BCUT2D eigenvalue weighted by molar-refractivity contribution is -0.245. The van der Waals surface area contributed by atoms with Gasteiger partial charge in [0.25, 0.3) is 0 Å². The van der Waals surface area contributed by atoms with Crippen LogP contribution in [0, 0.1) is 11.8 Å². The standard InChI is InChI=1S/C22H32O11/c1-3-4-5-12(10(2)6-16(25)26)21-20(30)19(29)18(28)15(33-21)9-32-22(31)11-7-13(23)17(27)14(24)8-11/h7-8,10,12,15,18-21,23-24,27-30H,3-6,9H2,1-2H3,(H,25,26)/t10-,12+,15+,18+,19-,20+,21-/m0/s1. The molecular weight excluding hydrogens is 440 g/mol. The van der Waals surface area contributed by atoms with E-state index in [0.717, 1.165) is 25.0 Å². The lowest BCUT2D eigenvalue weighted by Gasteiger charge is -2.45. The van der Waals surface area contributed by atoms with E-state index >= 15 is 0 Å². The van der Waals surface area contributed by atoms with E-state index in [1.54, 1.807) is 6.92 Å². The molecule has 0 aromatic heterocycles. The average molecular weight is 472 g/mol. The highest BCUT2D eigenvalue weighted by molar-refractivity contribution is 5.91. The second kappa shape index (κ2) is 11.5. The number of carboxylic acid groups (broad SMARTS) is 1. The van der Waals surface area contributed by atoms with E-state index in [9.17, 15) is 45.3 Å². The molecule has 186 valence electrons. The lowest BCUT2D eigenvalue weighted by Crippen LogP contribution is -2.61. The van der Waals surface area contributed by atoms with Crippen molar-refractivity contribution in [1.29, 1.82) is 0 Å². The molecule has 0 bridgehead atoms. The minimum Gasteiger partial charge on any atom is -0.504 e. The molecule has 0 aliphatic carbocycles. The zero-order chi connectivity index (χ0) is 24.9. The Kier molecular flexibility index (Phi) is 9.29. The maximum atomic E-state index is 12.3. The fourth-order valence-electron chi connectivity index (χ4n) is 4.07. The molecule has 33 heavy (non-hydrogen) atoms. The van der Waals surface area contributed by atoms with Gasteiger partial charge in [-0.1, -0.05) is 26.7 Å². The van der Waals surface area contributed by atoms with Gasteiger partial charge in [0.1, 0.15) is 31.0 Å². The van der Waals surface area contributed by atoms with Crippen molar-refractivity contribution in [2.75, 3.05) is 6.61 Å². The zero-order valence-corrected chi connectivity index (χ0v) is 18.5. The predicted molar refractivity (Wildman–Crippen MR) is 113 cm³/mol. The molecule has 1 aliphatic heterocycles. The van der Waals surface area contributed by atoms with Crippen LogP contribution < -0.4 is 0 Å². The highest BCUT2D eigenvalue weighted by atomic mass is 16.6. The summed E-state index contributed by atoms with van der Waals surface area (Å²) in [4.78, 5) is 23.5. The SMILES string of the molecule is CCCC[C@@H]([C@@H]1O[C@H](COC(=O)c2cc(O)c(O)c(O)c2)[C@@H](O)[C@H](O)[C@H]1O)[C@@H](C)CC(=O)O. The summed E-state index contributed by atoms with van der Waals surface area (Å²) in [6.07, 6.45) is -5.02. The Bertz CT molecular complexity index is 804. The summed E-state index contributed by atoms with van der Waals surface area (Å²) < 4.78 is 10.9. The van der Waals surface area contributed by atoms with Crippen LogP contribution in [0.2, 0.25) is 0 Å². The molecule has 1 aromatic rings. The topological polar surface area (TPSA) is 194 Å². The number of hydrogen-bond donors (Lipinski definition) is 7. The minimum absolute atomic E-state index is 0.174. The van der Waals surface area contributed by atoms with Gasteiger partial charge in [-0.25, -0.2) is 4.79 Å². The monoisotopic (exact) mass is 472 g/mol. The van der Waals surface area contributed by atoms with Gasteiger partial charge in [-0.15, -0.1) is 0 Å². The number of aliphatic carboxylic acids is 1. The van der Waals surface area contributed by atoms with Crippen molar-refractivity contribution in [2.45, 2.75) is 70.1 Å². The van der Waals surface area contributed by atoms with E-state index in [1.807, 2.05) is 6.92 Å². The van der Waals surface area contributed by atoms with Crippen LogP contribution in [0.25, 0.3) is 0 Å². The number of carbonyl (C=O) groups excluding carboxylic acids is 1. The van der Waals surface area contributed by atoms with Gasteiger partial charge in [-0.2, -0.15) is 0 Å². The molecule has 11 nitrogen and oxygen atoms in total. The van der Waals surface area contributed by atoms with Gasteiger partial charge >= 0.3 is 11.9 Å². The van der Waals surface area contributed by atoms with Gasteiger partial charge in [0, 0.05) is 6.42 Å². The molecule has 0 saturated carbocycles. The Labute approximate surface area is 190 Å². The summed E-state index contributed by atoms with van der Waals surface area (Å²) in [6, 6.07) is 1.76. The zero-order valence-electron chi connectivity index (χ0n) is 18.5. The van der Waals surface area contributed by atoms with Gasteiger partial charge in [0.15, 0.2) is 17.2 Å². The third-order valence-corrected chi connectivity index (χ3v) is 5.97. The van der Waals surface area contributed by atoms with Gasteiger partial charge < -0.3 is 45.2 Å². The number of phenolic OH excluding ortho intramolecular Hbond substituents is 3. The number of aromatic hydroxyl groups is 3. The molecule has 7 atom stereocenters. The van der Waals surface area contributed by atoms with Crippen LogP contribution in [0.1, 0.15) is 49.9 Å². The van der Waals surface area contributed by atoms with Crippen molar-refractivity contribution < 1.29 is 54.8 Å². The maximum absolute atomic E-state index is 12.3. The molecule has 1 heterocycles. The maximum Gasteiger partial charge on any atom is 0.338 e. The van der Waals surface area contributed by atoms with Crippen molar-refractivity contribution in [3.05, 3.63) is 17.7 Å². The molecule has 2 rings (SSSR count). The Morgan fingerprint density at radius 1 is 1.06 bits per heavy atom. The summed E-state index contributed by atoms with van der Waals surface area (Å²) in [5, 5.41) is 68.9. The highest BCUT2D eigenvalue weighted by Crippen LogP contribution is 2.36. The first-order valence-corrected chi connectivity index (χ1v) is 10.8. The molecule has 1 aromatic carbocycles. The smallest absolute Gasteiger partial charge is 0.338 e. The summed E-state index contributed by atoms with van der Waals surface area (Å²) in [5.41, 5.74) is -0.277. The number of phenols is 3. The predicted octanol–water partition coefficient (Wildman–Crippen LogP) is 0.727. The largest absolute Gasteiger partial charge is 0.504 e. The van der Waals surface area contributed by atoms with Crippen molar-refractivity contribution >= 4 is 11.9 Å². The van der Waals surface area contributed by atoms with Crippen molar-refractivity contribution in [3.8, 4) is 17.2 Å². The number of aliphatic hydroxyl groups excluding tert-OH is 3. The third kappa shape index (κ3) is 6.47. The number of hydrogen-bond acceptors (Lipinski definition) is 10. The molecule has 1 fully saturated rings. The lowest BCUT2D eigenvalue weighted by atomic mass is 9.77. The van der Waals surface area contributed by atoms with Crippen molar-refractivity contribution in [3.63, 3.8) is 0 Å².